The zero-order chi connectivity index (χ0) is 14.2. The molecule has 1 aliphatic carbocycles. The van der Waals surface area contributed by atoms with Gasteiger partial charge in [0.05, 0.1) is 5.69 Å². The van der Waals surface area contributed by atoms with Gasteiger partial charge in [-0.1, -0.05) is 0 Å². The number of rotatable bonds is 5. The Kier molecular flexibility index (Phi) is 3.51. The minimum Gasteiger partial charge on any atom is -0.398 e. The number of nitrogens with two attached hydrogens (primary N) is 2. The van der Waals surface area contributed by atoms with E-state index in [-0.39, 0.29) is 22.2 Å². The fourth-order valence-electron chi connectivity index (χ4n) is 1.95. The summed E-state index contributed by atoms with van der Waals surface area (Å²) in [7, 11) is -3.66. The van der Waals surface area contributed by atoms with E-state index in [1.807, 2.05) is 6.92 Å². The van der Waals surface area contributed by atoms with Crippen LogP contribution in [0.25, 0.3) is 0 Å². The Labute approximate surface area is 112 Å². The highest BCUT2D eigenvalue weighted by Crippen LogP contribution is 2.33. The molecule has 1 aliphatic rings. The van der Waals surface area contributed by atoms with Gasteiger partial charge < -0.3 is 11.5 Å². The third kappa shape index (κ3) is 3.05. The maximum atomic E-state index is 12.2. The molecule has 19 heavy (non-hydrogen) atoms. The van der Waals surface area contributed by atoms with Crippen molar-refractivity contribution in [3.8, 4) is 0 Å². The van der Waals surface area contributed by atoms with Crippen molar-refractivity contribution < 1.29 is 13.2 Å². The zero-order valence-corrected chi connectivity index (χ0v) is 11.4. The number of nitrogens with one attached hydrogen (secondary N) is 1. The van der Waals surface area contributed by atoms with Gasteiger partial charge in [-0.15, -0.1) is 0 Å². The summed E-state index contributed by atoms with van der Waals surface area (Å²) in [5, 5.41) is 0. The predicted octanol–water partition coefficient (Wildman–Crippen LogP) is 0.444. The number of hydrogen-bond acceptors (Lipinski definition) is 4. The van der Waals surface area contributed by atoms with Crippen LogP contribution >= 0.6 is 0 Å². The molecule has 2 rings (SSSR count). The first-order valence-corrected chi connectivity index (χ1v) is 7.51. The summed E-state index contributed by atoms with van der Waals surface area (Å²) in [4.78, 5) is 11.0. The van der Waals surface area contributed by atoms with Crippen molar-refractivity contribution in [3.05, 3.63) is 23.8 Å². The molecule has 7 heteroatoms. The number of carbonyl (C=O) groups excluding carboxylic acids is 1. The average Bonchev–Trinajstić information content (AvgIpc) is 3.11. The van der Waals surface area contributed by atoms with Crippen molar-refractivity contribution in [3.63, 3.8) is 0 Å². The van der Waals surface area contributed by atoms with Crippen LogP contribution in [0.2, 0.25) is 0 Å². The van der Waals surface area contributed by atoms with E-state index in [2.05, 4.69) is 4.72 Å². The van der Waals surface area contributed by atoms with Crippen molar-refractivity contribution in [2.45, 2.75) is 30.7 Å². The Hall–Kier alpha value is -1.60. The standard InChI is InChI=1S/C12H17N3O3S/c1-7(8-2-3-8)15-19(17,18)11-5-4-9(12(14)16)6-10(11)13/h4-8,15H,2-3,13H2,1H3,(H2,14,16). The minimum atomic E-state index is -3.66. The fraction of sp³-hybridized carbons (Fsp3) is 0.417. The van der Waals surface area contributed by atoms with E-state index in [1.54, 1.807) is 0 Å². The molecule has 5 N–H and O–H groups in total. The maximum absolute atomic E-state index is 12.2. The maximum Gasteiger partial charge on any atom is 0.248 e. The number of primary amides is 1. The van der Waals surface area contributed by atoms with Crippen LogP contribution in [-0.2, 0) is 10.0 Å². The van der Waals surface area contributed by atoms with Gasteiger partial charge in [-0.05, 0) is 43.9 Å². The Bertz CT molecular complexity index is 609. The van der Waals surface area contributed by atoms with Gasteiger partial charge >= 0.3 is 0 Å². The summed E-state index contributed by atoms with van der Waals surface area (Å²) in [6, 6.07) is 3.82. The van der Waals surface area contributed by atoms with Gasteiger partial charge in [0.25, 0.3) is 0 Å². The third-order valence-electron chi connectivity index (χ3n) is 3.25. The van der Waals surface area contributed by atoms with Gasteiger partial charge in [0.2, 0.25) is 15.9 Å². The van der Waals surface area contributed by atoms with Crippen molar-refractivity contribution >= 4 is 21.6 Å². The molecule has 1 saturated carbocycles. The summed E-state index contributed by atoms with van der Waals surface area (Å²) in [6.07, 6.45) is 2.08. The van der Waals surface area contributed by atoms with Gasteiger partial charge in [0, 0.05) is 11.6 Å². The predicted molar refractivity (Wildman–Crippen MR) is 71.9 cm³/mol. The molecule has 1 aromatic carbocycles. The molecule has 0 heterocycles. The molecule has 1 amide bonds. The highest BCUT2D eigenvalue weighted by Gasteiger charge is 2.31. The van der Waals surface area contributed by atoms with Crippen LogP contribution in [0.5, 0.6) is 0 Å². The third-order valence-corrected chi connectivity index (χ3v) is 4.89. The van der Waals surface area contributed by atoms with E-state index in [0.717, 1.165) is 12.8 Å². The number of nitrogen functional groups attached to an aromatic ring is 1. The van der Waals surface area contributed by atoms with Crippen LogP contribution in [0, 0.1) is 5.92 Å². The topological polar surface area (TPSA) is 115 Å². The summed E-state index contributed by atoms with van der Waals surface area (Å²) < 4.78 is 26.9. The lowest BCUT2D eigenvalue weighted by Crippen LogP contribution is -2.34. The lowest BCUT2D eigenvalue weighted by Gasteiger charge is -2.14. The zero-order valence-electron chi connectivity index (χ0n) is 10.6. The minimum absolute atomic E-state index is 0.0202. The second kappa shape index (κ2) is 4.82. The van der Waals surface area contributed by atoms with Crippen LogP contribution in [0.4, 0.5) is 5.69 Å². The number of amides is 1. The molecule has 0 aromatic heterocycles. The van der Waals surface area contributed by atoms with Crippen molar-refractivity contribution in [2.24, 2.45) is 11.7 Å². The van der Waals surface area contributed by atoms with Gasteiger partial charge in [0.15, 0.2) is 0 Å². The van der Waals surface area contributed by atoms with Crippen LogP contribution < -0.4 is 16.2 Å². The van der Waals surface area contributed by atoms with Crippen LogP contribution in [0.15, 0.2) is 23.1 Å². The molecule has 0 saturated heterocycles. The normalized spacial score (nSPS) is 17.1. The molecule has 0 radical (unpaired) electrons. The molecular formula is C12H17N3O3S. The number of hydrogen-bond donors (Lipinski definition) is 3. The molecule has 0 aliphatic heterocycles. The van der Waals surface area contributed by atoms with Crippen molar-refractivity contribution in [2.75, 3.05) is 5.73 Å². The van der Waals surface area contributed by atoms with E-state index >= 15 is 0 Å². The number of carbonyl (C=O) groups is 1. The Balaban J connectivity index is 2.27. The number of benzene rings is 1. The van der Waals surface area contributed by atoms with E-state index in [9.17, 15) is 13.2 Å². The molecule has 1 aromatic rings. The molecule has 1 unspecified atom stereocenters. The lowest BCUT2D eigenvalue weighted by atomic mass is 10.2. The largest absolute Gasteiger partial charge is 0.398 e. The fourth-order valence-corrected chi connectivity index (χ4v) is 3.37. The molecule has 6 nitrogen and oxygen atoms in total. The van der Waals surface area contributed by atoms with Crippen molar-refractivity contribution in [1.29, 1.82) is 0 Å². The monoisotopic (exact) mass is 283 g/mol. The first-order valence-electron chi connectivity index (χ1n) is 6.03. The molecule has 0 bridgehead atoms. The average molecular weight is 283 g/mol. The SMILES string of the molecule is CC(NS(=O)(=O)c1ccc(C(N)=O)cc1N)C1CC1. The van der Waals surface area contributed by atoms with E-state index in [1.165, 1.54) is 18.2 Å². The summed E-state index contributed by atoms with van der Waals surface area (Å²) in [5.41, 5.74) is 11.0. The van der Waals surface area contributed by atoms with Crippen LogP contribution in [-0.4, -0.2) is 20.4 Å². The highest BCUT2D eigenvalue weighted by molar-refractivity contribution is 7.89. The van der Waals surface area contributed by atoms with E-state index in [0.29, 0.717) is 5.92 Å². The quantitative estimate of drug-likeness (QED) is 0.680. The second-order valence-corrected chi connectivity index (χ2v) is 6.55. The molecule has 0 spiro atoms. The second-order valence-electron chi connectivity index (χ2n) is 4.86. The highest BCUT2D eigenvalue weighted by atomic mass is 32.2. The first-order chi connectivity index (χ1) is 8.81. The lowest BCUT2D eigenvalue weighted by molar-refractivity contribution is 0.1000. The number of sulfonamides is 1. The smallest absolute Gasteiger partial charge is 0.248 e. The number of anilines is 1. The van der Waals surface area contributed by atoms with Gasteiger partial charge in [0.1, 0.15) is 4.90 Å². The summed E-state index contributed by atoms with van der Waals surface area (Å²) in [5.74, 6) is -0.240. The molecular weight excluding hydrogens is 266 g/mol. The van der Waals surface area contributed by atoms with E-state index < -0.39 is 15.9 Å². The molecule has 104 valence electrons. The van der Waals surface area contributed by atoms with Gasteiger partial charge in [-0.25, -0.2) is 13.1 Å². The van der Waals surface area contributed by atoms with Crippen LogP contribution in [0.3, 0.4) is 0 Å². The molecule has 1 atom stereocenters. The van der Waals surface area contributed by atoms with Crippen LogP contribution in [0.1, 0.15) is 30.1 Å². The van der Waals surface area contributed by atoms with Gasteiger partial charge in [-0.2, -0.15) is 0 Å². The molecule has 1 fully saturated rings. The summed E-state index contributed by atoms with van der Waals surface area (Å²) in [6.45, 7) is 1.84. The summed E-state index contributed by atoms with van der Waals surface area (Å²) >= 11 is 0. The Morgan fingerprint density at radius 1 is 1.42 bits per heavy atom. The first kappa shape index (κ1) is 13.8. The Morgan fingerprint density at radius 3 is 2.53 bits per heavy atom. The van der Waals surface area contributed by atoms with Gasteiger partial charge in [-0.3, -0.25) is 4.79 Å². The van der Waals surface area contributed by atoms with E-state index in [4.69, 9.17) is 11.5 Å². The van der Waals surface area contributed by atoms with Crippen molar-refractivity contribution in [1.82, 2.24) is 4.72 Å². The Morgan fingerprint density at radius 2 is 2.05 bits per heavy atom.